The van der Waals surface area contributed by atoms with Gasteiger partial charge in [0.1, 0.15) is 0 Å². The zero-order valence-electron chi connectivity index (χ0n) is 7.44. The lowest BCUT2D eigenvalue weighted by Gasteiger charge is -2.00. The SMILES string of the molecule is Cc1cnc(SCC(=O)O)nc1C. The Balaban J connectivity index is 2.68. The van der Waals surface area contributed by atoms with E-state index in [0.717, 1.165) is 23.0 Å². The quantitative estimate of drug-likeness (QED) is 0.585. The molecule has 5 heteroatoms. The monoisotopic (exact) mass is 198 g/mol. The third-order valence-electron chi connectivity index (χ3n) is 1.53. The van der Waals surface area contributed by atoms with Crippen LogP contribution in [0.15, 0.2) is 11.4 Å². The van der Waals surface area contributed by atoms with Crippen LogP contribution in [0.5, 0.6) is 0 Å². The van der Waals surface area contributed by atoms with Crippen LogP contribution in [0.1, 0.15) is 11.3 Å². The van der Waals surface area contributed by atoms with Crippen molar-refractivity contribution in [1.82, 2.24) is 9.97 Å². The molecule has 0 amide bonds. The molecule has 0 fully saturated rings. The van der Waals surface area contributed by atoms with Crippen LogP contribution in [-0.4, -0.2) is 26.8 Å². The van der Waals surface area contributed by atoms with E-state index in [-0.39, 0.29) is 5.75 Å². The molecule has 0 bridgehead atoms. The van der Waals surface area contributed by atoms with E-state index in [4.69, 9.17) is 5.11 Å². The molecule has 0 aliphatic carbocycles. The van der Waals surface area contributed by atoms with Crippen LogP contribution >= 0.6 is 11.8 Å². The summed E-state index contributed by atoms with van der Waals surface area (Å²) in [6, 6.07) is 0. The van der Waals surface area contributed by atoms with Gasteiger partial charge < -0.3 is 5.11 Å². The van der Waals surface area contributed by atoms with Gasteiger partial charge in [-0.2, -0.15) is 0 Å². The summed E-state index contributed by atoms with van der Waals surface area (Å²) in [5, 5.41) is 8.94. The number of nitrogens with zero attached hydrogens (tertiary/aromatic N) is 2. The average Bonchev–Trinajstić information content (AvgIpc) is 2.07. The molecular weight excluding hydrogens is 188 g/mol. The second kappa shape index (κ2) is 4.23. The Kier molecular flexibility index (Phi) is 3.25. The Hall–Kier alpha value is -1.10. The van der Waals surface area contributed by atoms with Gasteiger partial charge in [0.25, 0.3) is 0 Å². The van der Waals surface area contributed by atoms with Gasteiger partial charge in [0, 0.05) is 11.9 Å². The van der Waals surface area contributed by atoms with Crippen molar-refractivity contribution >= 4 is 17.7 Å². The molecule has 4 nitrogen and oxygen atoms in total. The van der Waals surface area contributed by atoms with Crippen LogP contribution in [0.25, 0.3) is 0 Å². The Labute approximate surface area is 80.4 Å². The minimum Gasteiger partial charge on any atom is -0.481 e. The van der Waals surface area contributed by atoms with Gasteiger partial charge in [-0.25, -0.2) is 9.97 Å². The summed E-state index contributed by atoms with van der Waals surface area (Å²) in [5.74, 6) is -0.852. The molecule has 0 saturated heterocycles. The number of hydrogen-bond donors (Lipinski definition) is 1. The highest BCUT2D eigenvalue weighted by molar-refractivity contribution is 7.99. The second-order valence-electron chi connectivity index (χ2n) is 2.60. The van der Waals surface area contributed by atoms with Gasteiger partial charge in [0.15, 0.2) is 5.16 Å². The van der Waals surface area contributed by atoms with E-state index < -0.39 is 5.97 Å². The third kappa shape index (κ3) is 3.02. The van der Waals surface area contributed by atoms with Gasteiger partial charge in [-0.1, -0.05) is 11.8 Å². The molecule has 0 aliphatic heterocycles. The van der Waals surface area contributed by atoms with Crippen molar-refractivity contribution in [3.63, 3.8) is 0 Å². The molecule has 0 aromatic carbocycles. The summed E-state index contributed by atoms with van der Waals surface area (Å²) in [7, 11) is 0. The number of aryl methyl sites for hydroxylation is 2. The summed E-state index contributed by atoms with van der Waals surface area (Å²) < 4.78 is 0. The van der Waals surface area contributed by atoms with E-state index in [0.29, 0.717) is 5.16 Å². The highest BCUT2D eigenvalue weighted by Gasteiger charge is 2.03. The lowest BCUT2D eigenvalue weighted by Crippen LogP contribution is -2.00. The van der Waals surface area contributed by atoms with Crippen LogP contribution in [0.3, 0.4) is 0 Å². The van der Waals surface area contributed by atoms with Crippen LogP contribution < -0.4 is 0 Å². The molecule has 1 rings (SSSR count). The fraction of sp³-hybridized carbons (Fsp3) is 0.375. The molecule has 0 saturated carbocycles. The lowest BCUT2D eigenvalue weighted by molar-refractivity contribution is -0.133. The van der Waals surface area contributed by atoms with Crippen molar-refractivity contribution in [3.05, 3.63) is 17.5 Å². The summed E-state index contributed by atoms with van der Waals surface area (Å²) in [5.41, 5.74) is 1.91. The number of aromatic nitrogens is 2. The number of carbonyl (C=O) groups is 1. The van der Waals surface area contributed by atoms with E-state index >= 15 is 0 Å². The molecule has 1 N–H and O–H groups in total. The maximum atomic E-state index is 10.2. The van der Waals surface area contributed by atoms with Crippen molar-refractivity contribution in [2.75, 3.05) is 5.75 Å². The number of aliphatic carboxylic acids is 1. The Morgan fingerprint density at radius 1 is 1.62 bits per heavy atom. The van der Waals surface area contributed by atoms with Gasteiger partial charge in [-0.3, -0.25) is 4.79 Å². The topological polar surface area (TPSA) is 63.1 Å². The van der Waals surface area contributed by atoms with Crippen molar-refractivity contribution in [1.29, 1.82) is 0 Å². The van der Waals surface area contributed by atoms with E-state index in [1.54, 1.807) is 6.20 Å². The van der Waals surface area contributed by atoms with Crippen LogP contribution in [0.4, 0.5) is 0 Å². The van der Waals surface area contributed by atoms with Gasteiger partial charge in [0.2, 0.25) is 0 Å². The first kappa shape index (κ1) is 9.98. The van der Waals surface area contributed by atoms with Gasteiger partial charge in [0.05, 0.1) is 5.75 Å². The van der Waals surface area contributed by atoms with E-state index in [1.165, 1.54) is 0 Å². The smallest absolute Gasteiger partial charge is 0.313 e. The normalized spacial score (nSPS) is 10.0. The Bertz CT molecular complexity index is 328. The molecule has 1 aromatic rings. The molecule has 0 atom stereocenters. The minimum absolute atomic E-state index is 0.00248. The van der Waals surface area contributed by atoms with E-state index in [9.17, 15) is 4.79 Å². The maximum absolute atomic E-state index is 10.2. The summed E-state index contributed by atoms with van der Waals surface area (Å²) in [6.07, 6.45) is 1.70. The largest absolute Gasteiger partial charge is 0.481 e. The van der Waals surface area contributed by atoms with Crippen LogP contribution in [-0.2, 0) is 4.79 Å². The van der Waals surface area contributed by atoms with Gasteiger partial charge in [-0.15, -0.1) is 0 Å². The molecule has 0 spiro atoms. The molecule has 1 aromatic heterocycles. The molecule has 1 heterocycles. The number of carboxylic acid groups (broad SMARTS) is 1. The van der Waals surface area contributed by atoms with Crippen molar-refractivity contribution in [2.24, 2.45) is 0 Å². The number of rotatable bonds is 3. The highest BCUT2D eigenvalue weighted by atomic mass is 32.2. The molecule has 0 aliphatic rings. The molecule has 0 unspecified atom stereocenters. The lowest BCUT2D eigenvalue weighted by atomic mass is 10.3. The zero-order chi connectivity index (χ0) is 9.84. The van der Waals surface area contributed by atoms with Crippen LogP contribution in [0.2, 0.25) is 0 Å². The standard InChI is InChI=1S/C8H10N2O2S/c1-5-3-9-8(10-6(5)2)13-4-7(11)12/h3H,4H2,1-2H3,(H,11,12). The molecular formula is C8H10N2O2S. The first-order chi connectivity index (χ1) is 6.09. The fourth-order valence-electron chi connectivity index (χ4n) is 0.702. The fourth-order valence-corrected chi connectivity index (χ4v) is 1.28. The first-order valence-electron chi connectivity index (χ1n) is 3.74. The highest BCUT2D eigenvalue weighted by Crippen LogP contribution is 2.13. The minimum atomic E-state index is -0.855. The predicted octanol–water partition coefficient (Wildman–Crippen LogP) is 1.27. The van der Waals surface area contributed by atoms with Crippen molar-refractivity contribution in [3.8, 4) is 0 Å². The number of carboxylic acids is 1. The maximum Gasteiger partial charge on any atom is 0.313 e. The number of thioether (sulfide) groups is 1. The molecule has 0 radical (unpaired) electrons. The van der Waals surface area contributed by atoms with Crippen molar-refractivity contribution in [2.45, 2.75) is 19.0 Å². The zero-order valence-corrected chi connectivity index (χ0v) is 8.26. The van der Waals surface area contributed by atoms with Crippen LogP contribution in [0, 0.1) is 13.8 Å². The average molecular weight is 198 g/mol. The summed E-state index contributed by atoms with van der Waals surface area (Å²) >= 11 is 1.13. The molecule has 70 valence electrons. The van der Waals surface area contributed by atoms with Crippen molar-refractivity contribution < 1.29 is 9.90 Å². The number of hydrogen-bond acceptors (Lipinski definition) is 4. The predicted molar refractivity (Wildman–Crippen MR) is 49.9 cm³/mol. The summed E-state index contributed by atoms with van der Waals surface area (Å²) in [4.78, 5) is 18.4. The van der Waals surface area contributed by atoms with E-state index in [2.05, 4.69) is 9.97 Å². The second-order valence-corrected chi connectivity index (χ2v) is 3.55. The summed E-state index contributed by atoms with van der Waals surface area (Å²) in [6.45, 7) is 3.79. The van der Waals surface area contributed by atoms with E-state index in [1.807, 2.05) is 13.8 Å². The first-order valence-corrected chi connectivity index (χ1v) is 4.73. The molecule has 13 heavy (non-hydrogen) atoms. The van der Waals surface area contributed by atoms with Gasteiger partial charge >= 0.3 is 5.97 Å². The Morgan fingerprint density at radius 3 is 2.85 bits per heavy atom. The third-order valence-corrected chi connectivity index (χ3v) is 2.37. The Morgan fingerprint density at radius 2 is 2.31 bits per heavy atom. The van der Waals surface area contributed by atoms with Gasteiger partial charge in [-0.05, 0) is 19.4 Å².